The molecule has 0 heteroatoms. The Morgan fingerprint density at radius 2 is 0.706 bits per heavy atom. The molecule has 162 valence electrons. The fraction of sp³-hybridized carbons (Fsp3) is 0. The van der Waals surface area contributed by atoms with Crippen molar-refractivity contribution >= 4 is 47.2 Å². The van der Waals surface area contributed by atoms with Gasteiger partial charge in [-0.1, -0.05) is 140 Å². The van der Waals surface area contributed by atoms with Crippen LogP contribution in [-0.4, -0.2) is 0 Å². The summed E-state index contributed by atoms with van der Waals surface area (Å²) in [5.74, 6) is 0. The van der Waals surface area contributed by atoms with Crippen molar-refractivity contribution in [2.75, 3.05) is 0 Å². The Bertz CT molecular complexity index is 1450. The highest BCUT2D eigenvalue weighted by Gasteiger charge is 2.03. The average Bonchev–Trinajstić information content (AvgIpc) is 2.91. The predicted molar refractivity (Wildman–Crippen MR) is 150 cm³/mol. The molecule has 0 aliphatic rings. The van der Waals surface area contributed by atoms with Gasteiger partial charge in [0.25, 0.3) is 0 Å². The van der Waals surface area contributed by atoms with Crippen molar-refractivity contribution in [3.05, 3.63) is 155 Å². The van der Waals surface area contributed by atoms with Crippen LogP contribution in [0.2, 0.25) is 0 Å². The fourth-order valence-electron chi connectivity index (χ4n) is 4.00. The van der Waals surface area contributed by atoms with E-state index in [9.17, 15) is 0 Å². The number of fused-ring (bicyclic) bond motifs is 1. The highest BCUT2D eigenvalue weighted by molar-refractivity contribution is 5.93. The molecular formula is C34H26. The Morgan fingerprint density at radius 1 is 0.294 bits per heavy atom. The number of benzene rings is 5. The molecule has 0 nitrogen and oxygen atoms in total. The minimum Gasteiger partial charge on any atom is -0.0622 e. The van der Waals surface area contributed by atoms with E-state index in [0.717, 1.165) is 0 Å². The van der Waals surface area contributed by atoms with E-state index < -0.39 is 0 Å². The molecule has 34 heavy (non-hydrogen) atoms. The van der Waals surface area contributed by atoms with Gasteiger partial charge in [0.15, 0.2) is 0 Å². The summed E-state index contributed by atoms with van der Waals surface area (Å²) in [6.07, 6.45) is 13.1. The molecule has 0 aromatic heterocycles. The number of hydrogen-bond donors (Lipinski definition) is 0. The summed E-state index contributed by atoms with van der Waals surface area (Å²) in [5.41, 5.74) is 7.20. The average molecular weight is 435 g/mol. The van der Waals surface area contributed by atoms with Gasteiger partial charge in [-0.15, -0.1) is 0 Å². The van der Waals surface area contributed by atoms with Crippen molar-refractivity contribution in [1.82, 2.24) is 0 Å². The van der Waals surface area contributed by atoms with Crippen molar-refractivity contribution in [2.45, 2.75) is 0 Å². The quantitative estimate of drug-likeness (QED) is 0.234. The van der Waals surface area contributed by atoms with Gasteiger partial charge in [-0.3, -0.25) is 0 Å². The van der Waals surface area contributed by atoms with Crippen molar-refractivity contribution in [1.29, 1.82) is 0 Å². The second-order valence-corrected chi connectivity index (χ2v) is 8.32. The smallest absolute Gasteiger partial charge is 0.0172 e. The van der Waals surface area contributed by atoms with E-state index in [4.69, 9.17) is 0 Å². The molecule has 0 aliphatic heterocycles. The van der Waals surface area contributed by atoms with Crippen LogP contribution in [0.25, 0.3) is 47.2 Å². The third-order valence-electron chi connectivity index (χ3n) is 5.84. The molecule has 0 amide bonds. The van der Waals surface area contributed by atoms with Crippen molar-refractivity contribution in [3.8, 4) is 0 Å². The second-order valence-electron chi connectivity index (χ2n) is 8.32. The van der Waals surface area contributed by atoms with Gasteiger partial charge in [-0.05, 0) is 62.4 Å². The van der Waals surface area contributed by atoms with Crippen LogP contribution in [0.1, 0.15) is 33.4 Å². The molecule has 0 bridgehead atoms. The summed E-state index contributed by atoms with van der Waals surface area (Å²) in [5, 5.41) is 2.47. The van der Waals surface area contributed by atoms with E-state index in [1.165, 1.54) is 44.2 Å². The summed E-state index contributed by atoms with van der Waals surface area (Å²) in [7, 11) is 0. The molecule has 5 aromatic carbocycles. The Labute approximate surface area is 201 Å². The van der Waals surface area contributed by atoms with E-state index in [2.05, 4.69) is 140 Å². The van der Waals surface area contributed by atoms with Crippen LogP contribution in [0.3, 0.4) is 0 Å². The van der Waals surface area contributed by atoms with Gasteiger partial charge < -0.3 is 0 Å². The zero-order valence-corrected chi connectivity index (χ0v) is 19.0. The lowest BCUT2D eigenvalue weighted by atomic mass is 9.97. The molecule has 0 radical (unpaired) electrons. The number of hydrogen-bond acceptors (Lipinski definition) is 0. The molecule has 0 heterocycles. The first kappa shape index (κ1) is 21.4. The van der Waals surface area contributed by atoms with E-state index in [1.54, 1.807) is 0 Å². The zero-order valence-electron chi connectivity index (χ0n) is 19.0. The van der Waals surface area contributed by atoms with E-state index >= 15 is 0 Å². The first-order chi connectivity index (χ1) is 16.8. The fourth-order valence-corrected chi connectivity index (χ4v) is 4.00. The van der Waals surface area contributed by atoms with Crippen molar-refractivity contribution in [2.24, 2.45) is 0 Å². The van der Waals surface area contributed by atoms with Gasteiger partial charge in [0.1, 0.15) is 0 Å². The molecule has 0 unspecified atom stereocenters. The minimum absolute atomic E-state index is 1.19. The van der Waals surface area contributed by atoms with Gasteiger partial charge in [-0.25, -0.2) is 0 Å². The first-order valence-electron chi connectivity index (χ1n) is 11.6. The minimum atomic E-state index is 1.19. The lowest BCUT2D eigenvalue weighted by molar-refractivity contribution is 1.63. The summed E-state index contributed by atoms with van der Waals surface area (Å²) in [6.45, 7) is 0. The Kier molecular flexibility index (Phi) is 6.59. The lowest BCUT2D eigenvalue weighted by Gasteiger charge is -2.07. The standard InChI is InChI=1S/C34H26/c1-4-10-27(11-5-1)16-17-30-20-23-33-25-31(21-18-28-12-6-2-7-13-28)32(26-34(33)24-30)22-19-29-14-8-3-9-15-29/h1-26H. The van der Waals surface area contributed by atoms with Crippen LogP contribution < -0.4 is 0 Å². The zero-order chi connectivity index (χ0) is 23.0. The van der Waals surface area contributed by atoms with Crippen LogP contribution >= 0.6 is 0 Å². The van der Waals surface area contributed by atoms with E-state index in [0.29, 0.717) is 0 Å². The number of rotatable bonds is 6. The van der Waals surface area contributed by atoms with Gasteiger partial charge >= 0.3 is 0 Å². The largest absolute Gasteiger partial charge is 0.0622 e. The summed E-state index contributed by atoms with van der Waals surface area (Å²) in [4.78, 5) is 0. The maximum atomic E-state index is 2.29. The highest BCUT2D eigenvalue weighted by Crippen LogP contribution is 2.26. The van der Waals surface area contributed by atoms with Crippen LogP contribution in [0.5, 0.6) is 0 Å². The van der Waals surface area contributed by atoms with Gasteiger partial charge in [0.05, 0.1) is 0 Å². The van der Waals surface area contributed by atoms with Crippen molar-refractivity contribution in [3.63, 3.8) is 0 Å². The molecule has 0 N–H and O–H groups in total. The summed E-state index contributed by atoms with van der Waals surface area (Å²) < 4.78 is 0. The van der Waals surface area contributed by atoms with Gasteiger partial charge in [0, 0.05) is 0 Å². The normalized spacial score (nSPS) is 11.8. The maximum Gasteiger partial charge on any atom is -0.0172 e. The lowest BCUT2D eigenvalue weighted by Crippen LogP contribution is -1.85. The second kappa shape index (κ2) is 10.5. The first-order valence-corrected chi connectivity index (χ1v) is 11.6. The van der Waals surface area contributed by atoms with Crippen LogP contribution in [0.4, 0.5) is 0 Å². The molecular weight excluding hydrogens is 408 g/mol. The van der Waals surface area contributed by atoms with Gasteiger partial charge in [-0.2, -0.15) is 0 Å². The monoisotopic (exact) mass is 434 g/mol. The molecule has 0 spiro atoms. The van der Waals surface area contributed by atoms with Crippen molar-refractivity contribution < 1.29 is 0 Å². The van der Waals surface area contributed by atoms with Crippen LogP contribution in [0, 0.1) is 0 Å². The molecule has 5 aromatic rings. The SMILES string of the molecule is C(=Cc1ccc2cc(C=Cc3ccccc3)c(C=Cc3ccccc3)cc2c1)c1ccccc1. The summed E-state index contributed by atoms with van der Waals surface area (Å²) in [6, 6.07) is 42.5. The van der Waals surface area contributed by atoms with E-state index in [1.807, 2.05) is 18.2 Å². The molecule has 0 saturated carbocycles. The Morgan fingerprint density at radius 3 is 1.21 bits per heavy atom. The molecule has 0 aliphatic carbocycles. The maximum absolute atomic E-state index is 2.29. The highest BCUT2D eigenvalue weighted by atomic mass is 14.1. The molecule has 5 rings (SSSR count). The third-order valence-corrected chi connectivity index (χ3v) is 5.84. The van der Waals surface area contributed by atoms with E-state index in [-0.39, 0.29) is 0 Å². The molecule has 0 saturated heterocycles. The topological polar surface area (TPSA) is 0 Å². The predicted octanol–water partition coefficient (Wildman–Crippen LogP) is 9.35. The third kappa shape index (κ3) is 5.49. The van der Waals surface area contributed by atoms with Gasteiger partial charge in [0.2, 0.25) is 0 Å². The van der Waals surface area contributed by atoms with Crippen LogP contribution in [-0.2, 0) is 0 Å². The molecule has 0 atom stereocenters. The Hall–Kier alpha value is -4.42. The molecule has 0 fully saturated rings. The Balaban J connectivity index is 1.53. The summed E-state index contributed by atoms with van der Waals surface area (Å²) >= 11 is 0. The van der Waals surface area contributed by atoms with Crippen LogP contribution in [0.15, 0.2) is 121 Å².